The molecule has 3 N–H and O–H groups in total. The van der Waals surface area contributed by atoms with E-state index in [0.29, 0.717) is 28.8 Å². The fourth-order valence-electron chi connectivity index (χ4n) is 5.06. The van der Waals surface area contributed by atoms with Gasteiger partial charge in [-0.25, -0.2) is 19.7 Å². The number of urea groups is 1. The van der Waals surface area contributed by atoms with Gasteiger partial charge in [-0.2, -0.15) is 0 Å². The molecule has 0 aliphatic carbocycles. The zero-order chi connectivity index (χ0) is 31.8. The number of nitrogens with zero attached hydrogens (tertiary/aromatic N) is 5. The van der Waals surface area contributed by atoms with Gasteiger partial charge in [-0.1, -0.05) is 43.0 Å². The summed E-state index contributed by atoms with van der Waals surface area (Å²) < 4.78 is 5.74. The van der Waals surface area contributed by atoms with E-state index in [0.717, 1.165) is 43.1 Å². The van der Waals surface area contributed by atoms with E-state index in [1.807, 2.05) is 49.4 Å². The number of methoxy groups -OCH3 is 1. The first-order chi connectivity index (χ1) is 21.8. The van der Waals surface area contributed by atoms with Gasteiger partial charge in [0.2, 0.25) is 5.91 Å². The van der Waals surface area contributed by atoms with Crippen molar-refractivity contribution >= 4 is 46.3 Å². The number of rotatable bonds is 10. The van der Waals surface area contributed by atoms with E-state index in [-0.39, 0.29) is 11.9 Å². The Morgan fingerprint density at radius 2 is 1.76 bits per heavy atom. The van der Waals surface area contributed by atoms with Gasteiger partial charge in [-0.3, -0.25) is 4.79 Å². The summed E-state index contributed by atoms with van der Waals surface area (Å²) in [6.07, 6.45) is 2.58. The zero-order valence-corrected chi connectivity index (χ0v) is 25.7. The SMILES string of the molecule is C=CC(=O)Nc1cccc(N(C(=O)N[C@H](C)c2ccccc2)c2cc(Nc3ccc(N4CCN(C)CC4)cc3OC)ncn2)c1. The maximum Gasteiger partial charge on any atom is 0.328 e. The topological polar surface area (TPSA) is 115 Å². The minimum Gasteiger partial charge on any atom is -0.494 e. The second-order valence-electron chi connectivity index (χ2n) is 10.7. The highest BCUT2D eigenvalue weighted by molar-refractivity contribution is 6.02. The standard InChI is InChI=1S/C34H38N8O3/c1-5-33(43)38-26-12-9-13-28(20-26)42(34(44)37-24(2)25-10-7-6-8-11-25)32-22-31(35-23-36-32)39-29-15-14-27(21-30(29)45-4)41-18-16-40(3)17-19-41/h5-15,20-24H,1,16-19H2,2-4H3,(H,37,44)(H,38,43)(H,35,36,39)/t24-/m1/s1. The number of ether oxygens (including phenoxy) is 1. The molecule has 0 bridgehead atoms. The molecule has 3 amide bonds. The first kappa shape index (κ1) is 31.0. The normalized spacial score (nSPS) is 13.8. The van der Waals surface area contributed by atoms with Crippen LogP contribution in [0.25, 0.3) is 0 Å². The lowest BCUT2D eigenvalue weighted by Gasteiger charge is -2.34. The third-order valence-corrected chi connectivity index (χ3v) is 7.60. The molecule has 1 atom stereocenters. The summed E-state index contributed by atoms with van der Waals surface area (Å²) >= 11 is 0. The van der Waals surface area contributed by atoms with Crippen molar-refractivity contribution in [1.82, 2.24) is 20.2 Å². The summed E-state index contributed by atoms with van der Waals surface area (Å²) in [7, 11) is 3.77. The van der Waals surface area contributed by atoms with Crippen LogP contribution in [0.1, 0.15) is 18.5 Å². The van der Waals surface area contributed by atoms with Crippen LogP contribution in [0.4, 0.5) is 39.2 Å². The lowest BCUT2D eigenvalue weighted by Crippen LogP contribution is -2.44. The fraction of sp³-hybridized carbons (Fsp3) is 0.235. The predicted octanol–water partition coefficient (Wildman–Crippen LogP) is 5.71. The second-order valence-corrected chi connectivity index (χ2v) is 10.7. The molecule has 4 aromatic rings. The van der Waals surface area contributed by atoms with Crippen LogP contribution >= 0.6 is 0 Å². The molecule has 11 nitrogen and oxygen atoms in total. The number of aromatic nitrogens is 2. The molecule has 1 saturated heterocycles. The molecule has 0 spiro atoms. The molecule has 3 aromatic carbocycles. The van der Waals surface area contributed by atoms with Gasteiger partial charge in [0.15, 0.2) is 0 Å². The first-order valence-electron chi connectivity index (χ1n) is 14.7. The first-order valence-corrected chi connectivity index (χ1v) is 14.7. The van der Waals surface area contributed by atoms with Crippen molar-refractivity contribution in [1.29, 1.82) is 0 Å². The molecule has 0 unspecified atom stereocenters. The maximum absolute atomic E-state index is 13.9. The van der Waals surface area contributed by atoms with Crippen molar-refractivity contribution in [2.75, 3.05) is 60.8 Å². The Morgan fingerprint density at radius 3 is 2.49 bits per heavy atom. The van der Waals surface area contributed by atoms with E-state index < -0.39 is 6.03 Å². The quantitative estimate of drug-likeness (QED) is 0.197. The van der Waals surface area contributed by atoms with Crippen LogP contribution in [0.2, 0.25) is 0 Å². The Morgan fingerprint density at radius 1 is 0.978 bits per heavy atom. The Bertz CT molecular complexity index is 1640. The molecule has 1 aliphatic heterocycles. The van der Waals surface area contributed by atoms with Gasteiger partial charge >= 0.3 is 6.03 Å². The number of hydrogen-bond acceptors (Lipinski definition) is 8. The summed E-state index contributed by atoms with van der Waals surface area (Å²) in [5, 5.41) is 9.15. The molecule has 0 radical (unpaired) electrons. The highest BCUT2D eigenvalue weighted by Gasteiger charge is 2.23. The van der Waals surface area contributed by atoms with Crippen LogP contribution < -0.4 is 30.5 Å². The summed E-state index contributed by atoms with van der Waals surface area (Å²) in [6, 6.07) is 23.7. The van der Waals surface area contributed by atoms with Crippen molar-refractivity contribution in [3.8, 4) is 5.75 Å². The molecular weight excluding hydrogens is 568 g/mol. The number of hydrogen-bond donors (Lipinski definition) is 3. The Labute approximate surface area is 263 Å². The second kappa shape index (κ2) is 14.4. The van der Waals surface area contributed by atoms with Crippen molar-refractivity contribution < 1.29 is 14.3 Å². The monoisotopic (exact) mass is 606 g/mol. The van der Waals surface area contributed by atoms with E-state index in [9.17, 15) is 9.59 Å². The minimum atomic E-state index is -0.405. The van der Waals surface area contributed by atoms with Gasteiger partial charge in [-0.15, -0.1) is 0 Å². The average molecular weight is 607 g/mol. The third kappa shape index (κ3) is 7.76. The molecule has 5 rings (SSSR count). The van der Waals surface area contributed by atoms with E-state index in [4.69, 9.17) is 4.74 Å². The van der Waals surface area contributed by atoms with Crippen LogP contribution in [0.3, 0.4) is 0 Å². The molecule has 0 saturated carbocycles. The average Bonchev–Trinajstić information content (AvgIpc) is 3.06. The lowest BCUT2D eigenvalue weighted by atomic mass is 10.1. The van der Waals surface area contributed by atoms with Gasteiger partial charge < -0.3 is 30.5 Å². The third-order valence-electron chi connectivity index (χ3n) is 7.60. The van der Waals surface area contributed by atoms with E-state index in [1.54, 1.807) is 37.4 Å². The number of piperazine rings is 1. The predicted molar refractivity (Wildman–Crippen MR) is 179 cm³/mol. The summed E-state index contributed by atoms with van der Waals surface area (Å²) in [4.78, 5) is 40.9. The maximum atomic E-state index is 13.9. The Hall–Kier alpha value is -5.42. The summed E-state index contributed by atoms with van der Waals surface area (Å²) in [5.74, 6) is 1.10. The molecule has 2 heterocycles. The molecule has 11 heteroatoms. The van der Waals surface area contributed by atoms with Gasteiger partial charge in [0.1, 0.15) is 23.7 Å². The van der Waals surface area contributed by atoms with Gasteiger partial charge in [0.25, 0.3) is 0 Å². The van der Waals surface area contributed by atoms with Gasteiger partial charge in [0.05, 0.1) is 24.5 Å². The van der Waals surface area contributed by atoms with Gasteiger partial charge in [-0.05, 0) is 55.9 Å². The fourth-order valence-corrected chi connectivity index (χ4v) is 5.06. The Kier molecular flexibility index (Phi) is 9.90. The van der Waals surface area contributed by atoms with E-state index in [1.165, 1.54) is 17.3 Å². The van der Waals surface area contributed by atoms with E-state index >= 15 is 0 Å². The van der Waals surface area contributed by atoms with Crippen molar-refractivity contribution in [2.24, 2.45) is 0 Å². The number of nitrogens with one attached hydrogen (secondary N) is 3. The molecule has 45 heavy (non-hydrogen) atoms. The van der Waals surface area contributed by atoms with Crippen LogP contribution in [0.5, 0.6) is 5.75 Å². The molecule has 1 aliphatic rings. The number of likely N-dealkylation sites (N-methyl/N-ethyl adjacent to an activating group) is 1. The number of amides is 3. The van der Waals surface area contributed by atoms with Crippen LogP contribution in [0.15, 0.2) is 97.8 Å². The van der Waals surface area contributed by atoms with E-state index in [2.05, 4.69) is 55.4 Å². The summed E-state index contributed by atoms with van der Waals surface area (Å²) in [5.41, 5.74) is 3.77. The Balaban J connectivity index is 1.44. The number of carbonyl (C=O) groups excluding carboxylic acids is 2. The van der Waals surface area contributed by atoms with Gasteiger partial charge in [0, 0.05) is 49.7 Å². The van der Waals surface area contributed by atoms with Crippen molar-refractivity contribution in [3.63, 3.8) is 0 Å². The van der Waals surface area contributed by atoms with Crippen LogP contribution in [-0.2, 0) is 4.79 Å². The molecule has 1 fully saturated rings. The number of carbonyl (C=O) groups is 2. The molecular formula is C34H38N8O3. The molecule has 1 aromatic heterocycles. The lowest BCUT2D eigenvalue weighted by molar-refractivity contribution is -0.111. The van der Waals surface area contributed by atoms with Crippen LogP contribution in [-0.4, -0.2) is 67.1 Å². The zero-order valence-electron chi connectivity index (χ0n) is 25.7. The summed E-state index contributed by atoms with van der Waals surface area (Å²) in [6.45, 7) is 9.33. The highest BCUT2D eigenvalue weighted by atomic mass is 16.5. The number of anilines is 6. The van der Waals surface area contributed by atoms with Crippen molar-refractivity contribution in [2.45, 2.75) is 13.0 Å². The highest BCUT2D eigenvalue weighted by Crippen LogP contribution is 2.34. The molecule has 232 valence electrons. The largest absolute Gasteiger partial charge is 0.494 e. The minimum absolute atomic E-state index is 0.285. The van der Waals surface area contributed by atoms with Crippen molar-refractivity contribution in [3.05, 3.63) is 103 Å². The number of benzene rings is 3. The smallest absolute Gasteiger partial charge is 0.328 e. The van der Waals surface area contributed by atoms with Crippen LogP contribution in [0, 0.1) is 0 Å².